The van der Waals surface area contributed by atoms with E-state index in [0.29, 0.717) is 0 Å². The zero-order valence-corrected chi connectivity index (χ0v) is 12.6. The summed E-state index contributed by atoms with van der Waals surface area (Å²) >= 11 is 0. The van der Waals surface area contributed by atoms with E-state index in [9.17, 15) is 4.39 Å². The monoisotopic (exact) mass is 305 g/mol. The summed E-state index contributed by atoms with van der Waals surface area (Å²) in [6.45, 7) is 1.48. The SMILES string of the molecule is Fc1ccc(Cn2c(Cn3ccnc3)cc3ccccc32)cc1. The standard InChI is InChI=1S/C19H16FN3/c20-17-7-5-15(6-8-17)12-23-18(13-22-10-9-21-14-22)11-16-3-1-2-4-19(16)23/h1-11,14H,12-13H2. The van der Waals surface area contributed by atoms with Crippen molar-refractivity contribution in [2.75, 3.05) is 0 Å². The van der Waals surface area contributed by atoms with Crippen LogP contribution in [-0.2, 0) is 13.1 Å². The van der Waals surface area contributed by atoms with E-state index in [2.05, 4.69) is 32.3 Å². The molecule has 0 bridgehead atoms. The molecule has 0 fully saturated rings. The van der Waals surface area contributed by atoms with Gasteiger partial charge in [-0.05, 0) is 35.2 Å². The number of fused-ring (bicyclic) bond motifs is 1. The van der Waals surface area contributed by atoms with Crippen molar-refractivity contribution in [2.24, 2.45) is 0 Å². The Labute approximate surface area is 133 Å². The summed E-state index contributed by atoms with van der Waals surface area (Å²) in [5.41, 5.74) is 3.47. The third-order valence-corrected chi connectivity index (χ3v) is 4.05. The molecule has 2 aromatic heterocycles. The van der Waals surface area contributed by atoms with E-state index in [-0.39, 0.29) is 5.82 Å². The van der Waals surface area contributed by atoms with Crippen LogP contribution >= 0.6 is 0 Å². The maximum absolute atomic E-state index is 13.1. The van der Waals surface area contributed by atoms with E-state index in [1.165, 1.54) is 28.7 Å². The summed E-state index contributed by atoms with van der Waals surface area (Å²) in [7, 11) is 0. The van der Waals surface area contributed by atoms with Gasteiger partial charge >= 0.3 is 0 Å². The Morgan fingerprint density at radius 2 is 1.78 bits per heavy atom. The van der Waals surface area contributed by atoms with E-state index in [4.69, 9.17) is 0 Å². The van der Waals surface area contributed by atoms with Gasteiger partial charge in [0.1, 0.15) is 5.82 Å². The number of hydrogen-bond acceptors (Lipinski definition) is 1. The van der Waals surface area contributed by atoms with Crippen molar-refractivity contribution in [3.63, 3.8) is 0 Å². The molecule has 0 unspecified atom stereocenters. The summed E-state index contributed by atoms with van der Waals surface area (Å²) in [5, 5.41) is 1.21. The van der Waals surface area contributed by atoms with Gasteiger partial charge in [0.05, 0.1) is 12.9 Å². The minimum Gasteiger partial charge on any atom is -0.338 e. The van der Waals surface area contributed by atoms with E-state index in [1.54, 1.807) is 6.20 Å². The van der Waals surface area contributed by atoms with E-state index in [1.807, 2.05) is 36.8 Å². The molecule has 114 valence electrons. The maximum Gasteiger partial charge on any atom is 0.123 e. The van der Waals surface area contributed by atoms with Gasteiger partial charge in [-0.3, -0.25) is 0 Å². The minimum atomic E-state index is -0.204. The molecule has 0 amide bonds. The molecule has 4 heteroatoms. The van der Waals surface area contributed by atoms with Crippen molar-refractivity contribution >= 4 is 10.9 Å². The smallest absolute Gasteiger partial charge is 0.123 e. The van der Waals surface area contributed by atoms with Gasteiger partial charge in [-0.25, -0.2) is 9.37 Å². The summed E-state index contributed by atoms with van der Waals surface area (Å²) in [6, 6.07) is 17.2. The maximum atomic E-state index is 13.1. The number of aromatic nitrogens is 3. The van der Waals surface area contributed by atoms with Gasteiger partial charge in [0.2, 0.25) is 0 Å². The first-order valence-electron chi connectivity index (χ1n) is 7.57. The van der Waals surface area contributed by atoms with Crippen molar-refractivity contribution in [3.8, 4) is 0 Å². The fraction of sp³-hybridized carbons (Fsp3) is 0.105. The fourth-order valence-electron chi connectivity index (χ4n) is 2.92. The predicted octanol–water partition coefficient (Wildman–Crippen LogP) is 4.07. The molecule has 0 aliphatic carbocycles. The first-order valence-corrected chi connectivity index (χ1v) is 7.57. The molecule has 0 aliphatic rings. The fourth-order valence-corrected chi connectivity index (χ4v) is 2.92. The van der Waals surface area contributed by atoms with E-state index < -0.39 is 0 Å². The lowest BCUT2D eigenvalue weighted by molar-refractivity contribution is 0.626. The Kier molecular flexibility index (Phi) is 3.42. The van der Waals surface area contributed by atoms with Crippen molar-refractivity contribution in [2.45, 2.75) is 13.1 Å². The Morgan fingerprint density at radius 1 is 0.957 bits per heavy atom. The highest BCUT2D eigenvalue weighted by Crippen LogP contribution is 2.22. The number of imidazole rings is 1. The van der Waals surface area contributed by atoms with Crippen molar-refractivity contribution in [1.29, 1.82) is 0 Å². The van der Waals surface area contributed by atoms with Gasteiger partial charge in [-0.1, -0.05) is 30.3 Å². The molecule has 4 aromatic rings. The minimum absolute atomic E-state index is 0.204. The number of halogens is 1. The van der Waals surface area contributed by atoms with Crippen LogP contribution in [0.25, 0.3) is 10.9 Å². The molecule has 0 spiro atoms. The van der Waals surface area contributed by atoms with Gasteiger partial charge in [-0.15, -0.1) is 0 Å². The third kappa shape index (κ3) is 2.75. The van der Waals surface area contributed by atoms with Gasteiger partial charge in [0.15, 0.2) is 0 Å². The molecule has 0 atom stereocenters. The lowest BCUT2D eigenvalue weighted by atomic mass is 10.2. The van der Waals surface area contributed by atoms with Crippen LogP contribution in [-0.4, -0.2) is 14.1 Å². The number of para-hydroxylation sites is 1. The summed E-state index contributed by atoms with van der Waals surface area (Å²) in [6.07, 6.45) is 5.56. The second kappa shape index (κ2) is 5.72. The molecule has 2 heterocycles. The van der Waals surface area contributed by atoms with Crippen LogP contribution in [0.2, 0.25) is 0 Å². The molecule has 3 nitrogen and oxygen atoms in total. The Hall–Kier alpha value is -2.88. The van der Waals surface area contributed by atoms with Crippen molar-refractivity contribution in [1.82, 2.24) is 14.1 Å². The van der Waals surface area contributed by atoms with Crippen LogP contribution in [0.3, 0.4) is 0 Å². The van der Waals surface area contributed by atoms with Crippen LogP contribution < -0.4 is 0 Å². The normalized spacial score (nSPS) is 11.2. The summed E-state index contributed by atoms with van der Waals surface area (Å²) in [5.74, 6) is -0.204. The Balaban J connectivity index is 1.77. The summed E-state index contributed by atoms with van der Waals surface area (Å²) < 4.78 is 17.5. The van der Waals surface area contributed by atoms with Crippen LogP contribution in [0.15, 0.2) is 73.3 Å². The van der Waals surface area contributed by atoms with Crippen LogP contribution in [0.1, 0.15) is 11.3 Å². The molecule has 0 aliphatic heterocycles. The van der Waals surface area contributed by atoms with Crippen LogP contribution in [0.5, 0.6) is 0 Å². The van der Waals surface area contributed by atoms with Crippen LogP contribution in [0.4, 0.5) is 4.39 Å². The second-order valence-corrected chi connectivity index (χ2v) is 5.64. The summed E-state index contributed by atoms with van der Waals surface area (Å²) in [4.78, 5) is 4.11. The van der Waals surface area contributed by atoms with Gasteiger partial charge in [-0.2, -0.15) is 0 Å². The molecular formula is C19H16FN3. The van der Waals surface area contributed by atoms with Crippen molar-refractivity contribution in [3.05, 3.63) is 90.4 Å². The quantitative estimate of drug-likeness (QED) is 0.557. The number of nitrogens with zero attached hydrogens (tertiary/aromatic N) is 3. The third-order valence-electron chi connectivity index (χ3n) is 4.05. The molecule has 0 N–H and O–H groups in total. The molecule has 23 heavy (non-hydrogen) atoms. The lowest BCUT2D eigenvalue weighted by Crippen LogP contribution is -2.07. The molecule has 2 aromatic carbocycles. The highest BCUT2D eigenvalue weighted by Gasteiger charge is 2.09. The van der Waals surface area contributed by atoms with Gasteiger partial charge in [0.25, 0.3) is 0 Å². The topological polar surface area (TPSA) is 22.8 Å². The first kappa shape index (κ1) is 13.8. The van der Waals surface area contributed by atoms with Crippen molar-refractivity contribution < 1.29 is 4.39 Å². The van der Waals surface area contributed by atoms with E-state index >= 15 is 0 Å². The second-order valence-electron chi connectivity index (χ2n) is 5.64. The average Bonchev–Trinajstić information content (AvgIpc) is 3.19. The first-order chi connectivity index (χ1) is 11.3. The molecule has 4 rings (SSSR count). The number of benzene rings is 2. The average molecular weight is 305 g/mol. The Morgan fingerprint density at radius 3 is 2.57 bits per heavy atom. The Bertz CT molecular complexity index is 921. The molecule has 0 radical (unpaired) electrons. The lowest BCUT2D eigenvalue weighted by Gasteiger charge is -2.11. The largest absolute Gasteiger partial charge is 0.338 e. The predicted molar refractivity (Wildman–Crippen MR) is 88.8 cm³/mol. The van der Waals surface area contributed by atoms with E-state index in [0.717, 1.165) is 18.7 Å². The number of rotatable bonds is 4. The highest BCUT2D eigenvalue weighted by atomic mass is 19.1. The molecule has 0 saturated carbocycles. The molecule has 0 saturated heterocycles. The highest BCUT2D eigenvalue weighted by molar-refractivity contribution is 5.81. The zero-order chi connectivity index (χ0) is 15.6. The number of hydrogen-bond donors (Lipinski definition) is 0. The van der Waals surface area contributed by atoms with Gasteiger partial charge in [0, 0.05) is 30.1 Å². The van der Waals surface area contributed by atoms with Gasteiger partial charge < -0.3 is 9.13 Å². The van der Waals surface area contributed by atoms with Crippen LogP contribution in [0, 0.1) is 5.82 Å². The zero-order valence-electron chi connectivity index (χ0n) is 12.6. The molecular weight excluding hydrogens is 289 g/mol.